The molecule has 3 aliphatic rings. The number of hydrogen-bond acceptors (Lipinski definition) is 3. The van der Waals surface area contributed by atoms with E-state index in [9.17, 15) is 4.79 Å². The van der Waals surface area contributed by atoms with E-state index in [0.29, 0.717) is 17.7 Å². The molecule has 2 N–H and O–H groups in total. The van der Waals surface area contributed by atoms with Crippen molar-refractivity contribution in [1.29, 1.82) is 0 Å². The minimum Gasteiger partial charge on any atom is -0.317 e. The first kappa shape index (κ1) is 19.4. The van der Waals surface area contributed by atoms with Crippen molar-refractivity contribution >= 4 is 5.78 Å². The highest BCUT2D eigenvalue weighted by atomic mass is 16.1. The molecule has 3 heteroatoms. The van der Waals surface area contributed by atoms with Crippen LogP contribution in [0.1, 0.15) is 90.9 Å². The van der Waals surface area contributed by atoms with Crippen molar-refractivity contribution in [2.24, 2.45) is 17.3 Å². The average Bonchev–Trinajstić information content (AvgIpc) is 2.99. The van der Waals surface area contributed by atoms with Gasteiger partial charge in [-0.05, 0) is 57.0 Å². The maximum absolute atomic E-state index is 13.4. The molecule has 3 rings (SSSR count). The predicted octanol–water partition coefficient (Wildman–Crippen LogP) is 4.45. The first-order valence-corrected chi connectivity index (χ1v) is 11.2. The molecule has 0 aromatic heterocycles. The van der Waals surface area contributed by atoms with Gasteiger partial charge in [0.15, 0.2) is 5.78 Å². The Morgan fingerprint density at radius 1 is 1.08 bits per heavy atom. The summed E-state index contributed by atoms with van der Waals surface area (Å²) in [6, 6.07) is 0.593. The van der Waals surface area contributed by atoms with Crippen molar-refractivity contribution in [3.8, 4) is 0 Å². The van der Waals surface area contributed by atoms with E-state index < -0.39 is 0 Å². The molecule has 0 amide bonds. The van der Waals surface area contributed by atoms with Crippen molar-refractivity contribution < 1.29 is 4.79 Å². The number of Topliss-reactive ketones (excluding diaryl/α,β-unsaturated/α-hetero) is 1. The van der Waals surface area contributed by atoms with Crippen LogP contribution in [0.5, 0.6) is 0 Å². The van der Waals surface area contributed by atoms with Crippen molar-refractivity contribution in [2.45, 2.75) is 103 Å². The van der Waals surface area contributed by atoms with Gasteiger partial charge in [-0.1, -0.05) is 58.8 Å². The molecule has 1 saturated heterocycles. The molecule has 1 aliphatic heterocycles. The fraction of sp³-hybridized carbons (Fsp3) is 0.955. The third kappa shape index (κ3) is 4.13. The van der Waals surface area contributed by atoms with Crippen LogP contribution in [0.2, 0.25) is 0 Å². The summed E-state index contributed by atoms with van der Waals surface area (Å²) in [5.41, 5.74) is -0.0732. The largest absolute Gasteiger partial charge is 0.317 e. The molecule has 0 spiro atoms. The summed E-state index contributed by atoms with van der Waals surface area (Å²) in [6.07, 6.45) is 15.6. The zero-order valence-corrected chi connectivity index (χ0v) is 16.6. The van der Waals surface area contributed by atoms with Gasteiger partial charge in [-0.3, -0.25) is 4.79 Å². The molecular weight excluding hydrogens is 308 g/mol. The summed E-state index contributed by atoms with van der Waals surface area (Å²) in [5, 5.41) is 7.24. The third-order valence-electron chi connectivity index (χ3n) is 7.50. The molecule has 0 aromatic carbocycles. The molecule has 25 heavy (non-hydrogen) atoms. The second kappa shape index (κ2) is 8.99. The Kier molecular flexibility index (Phi) is 6.96. The van der Waals surface area contributed by atoms with Crippen molar-refractivity contribution in [3.63, 3.8) is 0 Å². The van der Waals surface area contributed by atoms with E-state index in [-0.39, 0.29) is 11.5 Å². The van der Waals surface area contributed by atoms with Gasteiger partial charge in [0, 0.05) is 11.5 Å². The summed E-state index contributed by atoms with van der Waals surface area (Å²) in [7, 11) is 0. The number of nitrogens with one attached hydrogen (secondary N) is 2. The molecule has 0 radical (unpaired) electrons. The molecule has 3 fully saturated rings. The topological polar surface area (TPSA) is 41.1 Å². The fourth-order valence-electron chi connectivity index (χ4n) is 6.02. The van der Waals surface area contributed by atoms with Crippen molar-refractivity contribution in [2.75, 3.05) is 13.1 Å². The summed E-state index contributed by atoms with van der Waals surface area (Å²) in [4.78, 5) is 13.4. The number of carbonyl (C=O) groups excluding carboxylic acids is 1. The van der Waals surface area contributed by atoms with Crippen LogP contribution in [0.4, 0.5) is 0 Å². The summed E-state index contributed by atoms with van der Waals surface area (Å²) in [6.45, 7) is 6.61. The second-order valence-electron chi connectivity index (χ2n) is 9.08. The first-order valence-electron chi connectivity index (χ1n) is 11.2. The number of hydrogen-bond donors (Lipinski definition) is 2. The predicted molar refractivity (Wildman–Crippen MR) is 105 cm³/mol. The van der Waals surface area contributed by atoms with Gasteiger partial charge >= 0.3 is 0 Å². The van der Waals surface area contributed by atoms with E-state index in [1.165, 1.54) is 64.2 Å². The summed E-state index contributed by atoms with van der Waals surface area (Å²) >= 11 is 0. The molecule has 1 heterocycles. The summed E-state index contributed by atoms with van der Waals surface area (Å²) < 4.78 is 0. The minimum absolute atomic E-state index is 0.0732. The maximum atomic E-state index is 13.4. The van der Waals surface area contributed by atoms with Crippen LogP contribution in [0.3, 0.4) is 0 Å². The lowest BCUT2D eigenvalue weighted by atomic mass is 9.72. The number of rotatable bonds is 6. The highest BCUT2D eigenvalue weighted by molar-refractivity contribution is 5.93. The average molecular weight is 349 g/mol. The monoisotopic (exact) mass is 348 g/mol. The number of fused-ring (bicyclic) bond motifs is 5. The molecule has 3 nitrogen and oxygen atoms in total. The lowest BCUT2D eigenvalue weighted by Crippen LogP contribution is -2.39. The van der Waals surface area contributed by atoms with Crippen molar-refractivity contribution in [3.05, 3.63) is 0 Å². The molecule has 2 saturated carbocycles. The van der Waals surface area contributed by atoms with Gasteiger partial charge in [-0.25, -0.2) is 0 Å². The van der Waals surface area contributed by atoms with Crippen LogP contribution in [0, 0.1) is 17.3 Å². The molecule has 144 valence electrons. The molecule has 5 atom stereocenters. The smallest absolute Gasteiger partial charge is 0.157 e. The minimum atomic E-state index is -0.0732. The zero-order valence-electron chi connectivity index (χ0n) is 16.6. The van der Waals surface area contributed by atoms with Crippen molar-refractivity contribution in [1.82, 2.24) is 10.6 Å². The van der Waals surface area contributed by atoms with E-state index in [2.05, 4.69) is 24.5 Å². The quantitative estimate of drug-likeness (QED) is 0.697. The molecule has 5 unspecified atom stereocenters. The van der Waals surface area contributed by atoms with Crippen LogP contribution >= 0.6 is 0 Å². The molecule has 2 bridgehead atoms. The molecular formula is C22H40N2O. The Hall–Kier alpha value is -0.410. The van der Waals surface area contributed by atoms with Gasteiger partial charge in [-0.2, -0.15) is 0 Å². The number of unbranched alkanes of at least 4 members (excludes halogenated alkanes) is 1. The molecule has 2 aliphatic carbocycles. The standard InChI is InChI=1S/C22H40N2O/c1-3-23-15-11-10-14-19-21(25)22(2)18-13-9-7-5-4-6-8-12-17(16-18)20(22)24-19/h17-20,23-24H,3-16H2,1-2H3. The Bertz CT molecular complexity index is 438. The second-order valence-corrected chi connectivity index (χ2v) is 9.08. The fourth-order valence-corrected chi connectivity index (χ4v) is 6.02. The lowest BCUT2D eigenvalue weighted by molar-refractivity contribution is -0.128. The van der Waals surface area contributed by atoms with Gasteiger partial charge in [-0.15, -0.1) is 0 Å². The Morgan fingerprint density at radius 2 is 1.80 bits per heavy atom. The van der Waals surface area contributed by atoms with Crippen LogP contribution in [-0.2, 0) is 4.79 Å². The van der Waals surface area contributed by atoms with E-state index in [0.717, 1.165) is 31.8 Å². The zero-order chi connectivity index (χ0) is 17.7. The first-order chi connectivity index (χ1) is 12.2. The van der Waals surface area contributed by atoms with E-state index in [1.807, 2.05) is 0 Å². The maximum Gasteiger partial charge on any atom is 0.157 e. The Balaban J connectivity index is 1.63. The van der Waals surface area contributed by atoms with Crippen LogP contribution in [-0.4, -0.2) is 31.0 Å². The molecule has 0 aromatic rings. The SMILES string of the molecule is CCNCCCCC1NC2C3CCCCCCCCC(C3)C2(C)C1=O. The van der Waals surface area contributed by atoms with Gasteiger partial charge in [0.05, 0.1) is 6.04 Å². The van der Waals surface area contributed by atoms with E-state index >= 15 is 0 Å². The Labute approximate surface area is 155 Å². The van der Waals surface area contributed by atoms with Crippen LogP contribution < -0.4 is 10.6 Å². The summed E-state index contributed by atoms with van der Waals surface area (Å²) in [5.74, 6) is 1.93. The highest BCUT2D eigenvalue weighted by Gasteiger charge is 2.61. The van der Waals surface area contributed by atoms with Gasteiger partial charge < -0.3 is 10.6 Å². The number of carbonyl (C=O) groups is 1. The lowest BCUT2D eigenvalue weighted by Gasteiger charge is -2.30. The van der Waals surface area contributed by atoms with Gasteiger partial charge in [0.25, 0.3) is 0 Å². The third-order valence-corrected chi connectivity index (χ3v) is 7.50. The van der Waals surface area contributed by atoms with Gasteiger partial charge in [0.1, 0.15) is 0 Å². The van der Waals surface area contributed by atoms with Gasteiger partial charge in [0.2, 0.25) is 0 Å². The number of ketones is 1. The van der Waals surface area contributed by atoms with Crippen LogP contribution in [0.25, 0.3) is 0 Å². The van der Waals surface area contributed by atoms with E-state index in [4.69, 9.17) is 0 Å². The Morgan fingerprint density at radius 3 is 2.56 bits per heavy atom. The van der Waals surface area contributed by atoms with Crippen LogP contribution in [0.15, 0.2) is 0 Å². The normalized spacial score (nSPS) is 39.2. The van der Waals surface area contributed by atoms with E-state index in [1.54, 1.807) is 0 Å². The highest BCUT2D eigenvalue weighted by Crippen LogP contribution is 2.54.